The minimum absolute atomic E-state index is 0. The van der Waals surface area contributed by atoms with E-state index in [0.717, 1.165) is 38.0 Å². The van der Waals surface area contributed by atoms with Gasteiger partial charge >= 0.3 is 49.4 Å². The first kappa shape index (κ1) is 97.5. The molecule has 5 radical (unpaired) electrons. The summed E-state index contributed by atoms with van der Waals surface area (Å²) in [6.45, 7) is 33.8. The molecule has 8 aromatic rings. The second-order valence-electron chi connectivity index (χ2n) is 36.0. The van der Waals surface area contributed by atoms with Gasteiger partial charge in [0.2, 0.25) is 5.90 Å². The summed E-state index contributed by atoms with van der Waals surface area (Å²) in [5, 5.41) is 4.48. The molecule has 1 aliphatic heterocycles. The van der Waals surface area contributed by atoms with E-state index in [-0.39, 0.29) is 53.2 Å². The molecule has 0 saturated heterocycles. The van der Waals surface area contributed by atoms with Crippen molar-refractivity contribution < 1.29 is 130 Å². The van der Waals surface area contributed by atoms with Gasteiger partial charge in [-0.25, -0.2) is 4.99 Å². The van der Waals surface area contributed by atoms with E-state index in [0.29, 0.717) is 12.5 Å². The molecule has 8 aromatic carbocycles. The molecule has 1 unspecified atom stereocenters. The van der Waals surface area contributed by atoms with Crippen molar-refractivity contribution in [2.75, 3.05) is 6.61 Å². The zero-order valence-electron chi connectivity index (χ0n) is 68.7. The van der Waals surface area contributed by atoms with Crippen molar-refractivity contribution in [3.63, 3.8) is 0 Å². The normalized spacial score (nSPS) is 17.4. The third-order valence-electron chi connectivity index (χ3n) is 22.4. The first-order chi connectivity index (χ1) is 54.8. The van der Waals surface area contributed by atoms with Crippen molar-refractivity contribution in [2.45, 2.75) is 237 Å². The van der Waals surface area contributed by atoms with Crippen LogP contribution in [0.25, 0.3) is 0 Å². The van der Waals surface area contributed by atoms with Gasteiger partial charge in [-0.05, 0) is 210 Å². The Hall–Kier alpha value is -7.31. The van der Waals surface area contributed by atoms with Gasteiger partial charge in [0.15, 0.2) is 0 Å². The van der Waals surface area contributed by atoms with Gasteiger partial charge in [0.05, 0.1) is 50.5 Å². The molecular weight excluding hydrogens is 1820 g/mol. The summed E-state index contributed by atoms with van der Waals surface area (Å²) in [5.41, 5.74) is -17.1. The Kier molecular flexibility index (Phi) is 28.1. The molecule has 2 atom stereocenters. The molecule has 0 aromatic heterocycles. The van der Waals surface area contributed by atoms with Crippen molar-refractivity contribution in [2.24, 2.45) is 10.9 Å². The summed E-state index contributed by atoms with van der Waals surface area (Å²) in [6, 6.07) is 21.1. The van der Waals surface area contributed by atoms with Crippen LogP contribution in [0.4, 0.5) is 105 Å². The summed E-state index contributed by atoms with van der Waals surface area (Å²) in [7, 11) is -0.932. The topological polar surface area (TPSA) is 21.6 Å². The van der Waals surface area contributed by atoms with Crippen molar-refractivity contribution in [3.8, 4) is 0 Å². The fourth-order valence-electron chi connectivity index (χ4n) is 16.3. The summed E-state index contributed by atoms with van der Waals surface area (Å²) in [5.74, 6) is 1.47. The quantitative estimate of drug-likeness (QED) is 0.0760. The molecule has 0 amide bonds. The summed E-state index contributed by atoms with van der Waals surface area (Å²) >= 11 is 0. The van der Waals surface area contributed by atoms with Crippen LogP contribution in [0.1, 0.15) is 236 Å². The predicted octanol–water partition coefficient (Wildman–Crippen LogP) is 25.6. The molecule has 657 valence electrons. The molecular formula is C92H92BF24IrNOP-. The number of halogens is 24. The molecule has 1 fully saturated rings. The third kappa shape index (κ3) is 22.1. The fraction of sp³-hybridized carbons (Fsp3) is 0.424. The van der Waals surface area contributed by atoms with Crippen LogP contribution in [0.15, 0.2) is 151 Å². The van der Waals surface area contributed by atoms with Gasteiger partial charge in [-0.15, -0.1) is 0 Å². The summed E-state index contributed by atoms with van der Waals surface area (Å²) < 4.78 is 347. The number of ether oxygens (including phenoxy) is 1. The minimum atomic E-state index is -6.13. The standard InChI is InChI=1S/C52H68NOP.C32H12BF24.C8H12.Ir/c1-33(2)25-40-32-54-47(53-40)43-19-15-17-34-21-23-52(45(34)43)24-22-35-18-16-20-44(46(35)52)55(41-28-36(48(3,4)5)26-37(29-41)49(6,7)8)42-30-38(50(9,10)11)27-39(31-42)51(12,13)14;34-25(35,36)13-1-14(26(37,38)39)6-21(5-13)33(22-7-15(27(40,41)42)2-16(8-22)28(43,44)45,23-9-17(29(46,47)48)3-18(10-23)30(49,50)51)24-11-19(31(52,53)54)4-20(12-24)32(55,56)57;1-2-4-6-8-7-5-3-1;/h15-20,26-31,33,40H,21-25,32H2,1-14H3;1-12H;1-2,7-8H,3-6H2;/q;-1;;/t40-,52?;;;/m0.../s1. The number of aryl methyl sites for hydroxylation is 2. The molecule has 2 nitrogen and oxygen atoms in total. The molecule has 121 heavy (non-hydrogen) atoms. The maximum absolute atomic E-state index is 14.2. The van der Waals surface area contributed by atoms with Gasteiger partial charge in [-0.1, -0.05) is 212 Å². The van der Waals surface area contributed by atoms with E-state index in [1.165, 1.54) is 86.1 Å². The predicted molar refractivity (Wildman–Crippen MR) is 425 cm³/mol. The van der Waals surface area contributed by atoms with Gasteiger partial charge in [-0.3, -0.25) is 0 Å². The number of benzene rings is 8. The Bertz CT molecular complexity index is 4460. The molecule has 3 aliphatic carbocycles. The van der Waals surface area contributed by atoms with Crippen molar-refractivity contribution in [3.05, 3.63) is 266 Å². The van der Waals surface area contributed by atoms with Gasteiger partial charge < -0.3 is 4.74 Å². The van der Waals surface area contributed by atoms with E-state index in [2.05, 4.69) is 195 Å². The summed E-state index contributed by atoms with van der Waals surface area (Å²) in [4.78, 5) is 5.27. The second kappa shape index (κ2) is 34.9. The number of nitrogens with zero attached hydrogens (tertiary/aromatic N) is 1. The van der Waals surface area contributed by atoms with E-state index in [1.54, 1.807) is 5.56 Å². The zero-order valence-corrected chi connectivity index (χ0v) is 72.0. The van der Waals surface area contributed by atoms with Crippen LogP contribution in [0, 0.1) is 31.6 Å². The van der Waals surface area contributed by atoms with Crippen molar-refractivity contribution in [1.29, 1.82) is 0 Å². The van der Waals surface area contributed by atoms with Crippen molar-refractivity contribution >= 4 is 57.7 Å². The maximum Gasteiger partial charge on any atom is 0.416 e. The Balaban J connectivity index is 0.000000249. The number of rotatable bonds is 10. The molecule has 1 spiro atoms. The largest absolute Gasteiger partial charge is 0.475 e. The van der Waals surface area contributed by atoms with E-state index in [9.17, 15) is 105 Å². The van der Waals surface area contributed by atoms with E-state index >= 15 is 0 Å². The van der Waals surface area contributed by atoms with E-state index < -0.39 is 203 Å². The monoisotopic (exact) mass is 1920 g/mol. The Morgan fingerprint density at radius 3 is 0.893 bits per heavy atom. The molecule has 29 heteroatoms. The van der Waals surface area contributed by atoms with E-state index in [4.69, 9.17) is 9.73 Å². The number of aliphatic imine (C=N–C) groups is 1. The Morgan fingerprint density at radius 2 is 0.628 bits per heavy atom. The number of hydrogen-bond acceptors (Lipinski definition) is 2. The van der Waals surface area contributed by atoms with Crippen LogP contribution in [0.2, 0.25) is 0 Å². The fourth-order valence-corrected chi connectivity index (χ4v) is 19.1. The molecule has 1 heterocycles. The van der Waals surface area contributed by atoms with Crippen LogP contribution in [0.5, 0.6) is 0 Å². The first-order valence-electron chi connectivity index (χ1n) is 39.1. The maximum atomic E-state index is 14.2. The SMILES string of the molecule is CC(C)C[C@H]1COC(c2cccc3c2C2(CC3)CCc3cccc(P(c4cc(C(C)(C)C)cc(C(C)(C)C)c4)c4cc(C(C)(C)C)cc(C(C)(C)C)c4)c32)=N1.FC(F)(F)c1cc([B-](c2cc(C(F)(F)F)cc(C(F)(F)F)c2)(c2cc(C(F)(F)F)cc(C(F)(F)F)c2)c2cc(C(F)(F)F)cc(C(F)(F)F)c2)cc(C(F)(F)F)c1.[CH]1[CH]CC[CH][CH]CC1.[Ir]. The average molecular weight is 1920 g/mol. The third-order valence-corrected chi connectivity index (χ3v) is 24.8. The zero-order chi connectivity index (χ0) is 89.5. The van der Waals surface area contributed by atoms with Crippen molar-refractivity contribution in [1.82, 2.24) is 0 Å². The second-order valence-corrected chi connectivity index (χ2v) is 38.1. The molecule has 1 saturated carbocycles. The Morgan fingerprint density at radius 1 is 0.364 bits per heavy atom. The summed E-state index contributed by atoms with van der Waals surface area (Å²) in [6.07, 6.45) is -35.3. The van der Waals surface area contributed by atoms with Gasteiger partial charge in [0.25, 0.3) is 0 Å². The van der Waals surface area contributed by atoms with Crippen LogP contribution < -0.4 is 37.8 Å². The van der Waals surface area contributed by atoms with Gasteiger partial charge in [-0.2, -0.15) is 127 Å². The van der Waals surface area contributed by atoms with Gasteiger partial charge in [0.1, 0.15) is 12.8 Å². The first-order valence-corrected chi connectivity index (χ1v) is 40.4. The minimum Gasteiger partial charge on any atom is -0.475 e. The number of alkyl halides is 24. The van der Waals surface area contributed by atoms with Crippen LogP contribution in [-0.4, -0.2) is 24.7 Å². The average Bonchev–Trinajstić information content (AvgIpc) is 1.70. The number of hydrogen-bond donors (Lipinski definition) is 0. The van der Waals surface area contributed by atoms with Crippen LogP contribution in [0.3, 0.4) is 0 Å². The molecule has 0 N–H and O–H groups in total. The molecule has 12 rings (SSSR count). The Labute approximate surface area is 704 Å². The number of fused-ring (bicyclic) bond motifs is 4. The van der Waals surface area contributed by atoms with Crippen LogP contribution in [-0.2, 0) is 114 Å². The van der Waals surface area contributed by atoms with E-state index in [1.807, 2.05) is 0 Å². The van der Waals surface area contributed by atoms with Crippen LogP contribution >= 0.6 is 7.92 Å². The van der Waals surface area contributed by atoms with Gasteiger partial charge in [0, 0.05) is 31.1 Å². The molecule has 4 aliphatic rings. The smallest absolute Gasteiger partial charge is 0.416 e. The molecule has 0 bridgehead atoms.